The second-order valence-electron chi connectivity index (χ2n) is 12.6. The van der Waals surface area contributed by atoms with E-state index in [2.05, 4.69) is 37.5 Å². The summed E-state index contributed by atoms with van der Waals surface area (Å²) in [4.78, 5) is 36.0. The van der Waals surface area contributed by atoms with Crippen LogP contribution in [0, 0.1) is 11.8 Å². The lowest BCUT2D eigenvalue weighted by Crippen LogP contribution is -2.55. The van der Waals surface area contributed by atoms with Crippen LogP contribution in [-0.4, -0.2) is 107 Å². The molecule has 0 aromatic carbocycles. The van der Waals surface area contributed by atoms with Gasteiger partial charge in [0.2, 0.25) is 11.8 Å². The van der Waals surface area contributed by atoms with Crippen LogP contribution in [0.15, 0.2) is 11.6 Å². The van der Waals surface area contributed by atoms with E-state index >= 15 is 0 Å². The molecule has 3 rings (SSSR count). The smallest absolute Gasteiger partial charge is 0.306 e. The highest BCUT2D eigenvalue weighted by atomic mass is 16.6. The average Bonchev–Trinajstić information content (AvgIpc) is 3.85. The Bertz CT molecular complexity index is 966. The highest BCUT2D eigenvalue weighted by Crippen LogP contribution is 2.59. The zero-order chi connectivity index (χ0) is 31.6. The number of esters is 1. The van der Waals surface area contributed by atoms with E-state index in [4.69, 9.17) is 34.2 Å². The number of carbonyl (C=O) groups excluding carboxylic acids is 3. The summed E-state index contributed by atoms with van der Waals surface area (Å²) in [7, 11) is 1.67. The van der Waals surface area contributed by atoms with E-state index in [1.807, 2.05) is 13.8 Å². The molecular weight excluding hydrogens is 558 g/mol. The number of hydrogen-bond donors (Lipinski definition) is 3. The Labute approximate surface area is 256 Å². The normalized spacial score (nSPS) is 30.1. The quantitative estimate of drug-likeness (QED) is 0.0798. The summed E-state index contributed by atoms with van der Waals surface area (Å²) >= 11 is 0. The van der Waals surface area contributed by atoms with Gasteiger partial charge in [-0.25, -0.2) is 0 Å². The molecule has 12 nitrogen and oxygen atoms in total. The van der Waals surface area contributed by atoms with Gasteiger partial charge in [0.25, 0.3) is 0 Å². The fraction of sp³-hybridized carbons (Fsp3) is 0.839. The van der Waals surface area contributed by atoms with Crippen molar-refractivity contribution in [2.45, 2.75) is 102 Å². The Morgan fingerprint density at radius 2 is 1.81 bits per heavy atom. The molecule has 2 heterocycles. The summed E-state index contributed by atoms with van der Waals surface area (Å²) in [5.41, 5.74) is 5.98. The van der Waals surface area contributed by atoms with Gasteiger partial charge in [0, 0.05) is 26.7 Å². The van der Waals surface area contributed by atoms with Crippen molar-refractivity contribution in [2.24, 2.45) is 17.6 Å². The summed E-state index contributed by atoms with van der Waals surface area (Å²) < 4.78 is 35.1. The first-order valence-electron chi connectivity index (χ1n) is 15.6. The molecule has 1 aliphatic carbocycles. The van der Waals surface area contributed by atoms with Gasteiger partial charge in [0.05, 0.1) is 51.0 Å². The number of hydrogen-bond acceptors (Lipinski definition) is 10. The molecule has 0 aromatic rings. The molecule has 1 saturated carbocycles. The van der Waals surface area contributed by atoms with Gasteiger partial charge in [-0.15, -0.1) is 0 Å². The SMILES string of the molecule is COC1C(OC(=O)CCCOCCOCCNC(=O)CN[C@H](C(N)=O)C(C)C)CC[C@]2(CO2)C1C1(C)O[C@@H]1CC=C(C)C. The lowest BCUT2D eigenvalue weighted by molar-refractivity contribution is -0.172. The van der Waals surface area contributed by atoms with E-state index in [9.17, 15) is 14.4 Å². The fourth-order valence-electron chi connectivity index (χ4n) is 6.13. The van der Waals surface area contributed by atoms with Crippen LogP contribution < -0.4 is 16.4 Å². The monoisotopic (exact) mass is 611 g/mol. The lowest BCUT2D eigenvalue weighted by atomic mass is 9.68. The number of primary amides is 1. The van der Waals surface area contributed by atoms with Gasteiger partial charge in [-0.3, -0.25) is 19.7 Å². The predicted octanol–water partition coefficient (Wildman–Crippen LogP) is 1.64. The van der Waals surface area contributed by atoms with Crippen molar-refractivity contribution in [3.8, 4) is 0 Å². The largest absolute Gasteiger partial charge is 0.460 e. The van der Waals surface area contributed by atoms with Gasteiger partial charge >= 0.3 is 5.97 Å². The molecular formula is C31H53N3O9. The number of carbonyl (C=O) groups is 3. The Balaban J connectivity index is 1.26. The van der Waals surface area contributed by atoms with E-state index in [-0.39, 0.29) is 66.2 Å². The van der Waals surface area contributed by atoms with Crippen molar-refractivity contribution in [1.82, 2.24) is 10.6 Å². The van der Waals surface area contributed by atoms with E-state index in [1.165, 1.54) is 5.57 Å². The lowest BCUT2D eigenvalue weighted by Gasteiger charge is -2.42. The third-order valence-electron chi connectivity index (χ3n) is 8.59. The molecule has 0 aromatic heterocycles. The molecule has 3 aliphatic rings. The van der Waals surface area contributed by atoms with E-state index in [1.54, 1.807) is 7.11 Å². The van der Waals surface area contributed by atoms with Gasteiger partial charge < -0.3 is 39.5 Å². The van der Waals surface area contributed by atoms with Gasteiger partial charge in [-0.2, -0.15) is 0 Å². The Hall–Kier alpha value is -2.09. The van der Waals surface area contributed by atoms with Crippen LogP contribution in [0.2, 0.25) is 0 Å². The molecule has 1 spiro atoms. The number of methoxy groups -OCH3 is 1. The second-order valence-corrected chi connectivity index (χ2v) is 12.6. The molecule has 2 amide bonds. The number of rotatable bonds is 20. The Morgan fingerprint density at radius 1 is 1.12 bits per heavy atom. The van der Waals surface area contributed by atoms with Crippen LogP contribution in [0.4, 0.5) is 0 Å². The fourth-order valence-corrected chi connectivity index (χ4v) is 6.13. The van der Waals surface area contributed by atoms with Gasteiger partial charge in [0.15, 0.2) is 0 Å². The average molecular weight is 612 g/mol. The zero-order valence-electron chi connectivity index (χ0n) is 26.8. The summed E-state index contributed by atoms with van der Waals surface area (Å²) in [5, 5.41) is 5.58. The van der Waals surface area contributed by atoms with Gasteiger partial charge in [-0.05, 0) is 52.4 Å². The van der Waals surface area contributed by atoms with Crippen molar-refractivity contribution in [3.63, 3.8) is 0 Å². The number of nitrogens with two attached hydrogens (primary N) is 1. The molecule has 3 fully saturated rings. The van der Waals surface area contributed by atoms with Crippen molar-refractivity contribution in [1.29, 1.82) is 0 Å². The molecule has 7 atom stereocenters. The highest BCUT2D eigenvalue weighted by molar-refractivity contribution is 5.82. The summed E-state index contributed by atoms with van der Waals surface area (Å²) in [6.45, 7) is 12.5. The maximum Gasteiger partial charge on any atom is 0.306 e. The summed E-state index contributed by atoms with van der Waals surface area (Å²) in [6.07, 6.45) is 4.84. The van der Waals surface area contributed by atoms with E-state index in [0.29, 0.717) is 52.4 Å². The number of amides is 2. The van der Waals surface area contributed by atoms with Crippen molar-refractivity contribution >= 4 is 17.8 Å². The van der Waals surface area contributed by atoms with Gasteiger partial charge in [-0.1, -0.05) is 25.5 Å². The molecule has 12 heteroatoms. The van der Waals surface area contributed by atoms with Crippen LogP contribution in [0.1, 0.15) is 66.7 Å². The maximum atomic E-state index is 12.7. The third-order valence-corrected chi connectivity index (χ3v) is 8.59. The summed E-state index contributed by atoms with van der Waals surface area (Å²) in [5.74, 6) is -0.987. The molecule has 0 radical (unpaired) electrons. The number of ether oxygens (including phenoxy) is 6. The summed E-state index contributed by atoms with van der Waals surface area (Å²) in [6, 6.07) is -0.551. The van der Waals surface area contributed by atoms with Gasteiger partial charge in [0.1, 0.15) is 23.4 Å². The minimum atomic E-state index is -0.551. The Kier molecular flexibility index (Phi) is 13.4. The minimum Gasteiger partial charge on any atom is -0.460 e. The van der Waals surface area contributed by atoms with Crippen LogP contribution >= 0.6 is 0 Å². The molecule has 4 unspecified atom stereocenters. The standard InChI is InChI=1S/C31H53N3O9/c1-20(2)9-10-23-30(5,43-23)28-27(38-6)22(11-12-31(28)19-41-31)42-25(36)8-7-14-39-16-17-40-15-13-33-24(35)18-34-26(21(3)4)29(32)37/h9,21-23,26-28,34H,7-8,10-19H2,1-6H3,(H2,32,37)(H,33,35)/t22?,23-,26+,27?,28?,30?,31+/m1/s1. The molecule has 2 aliphatic heterocycles. The number of epoxide rings is 2. The molecule has 43 heavy (non-hydrogen) atoms. The highest BCUT2D eigenvalue weighted by Gasteiger charge is 2.72. The van der Waals surface area contributed by atoms with Crippen LogP contribution in [-0.2, 0) is 42.8 Å². The van der Waals surface area contributed by atoms with E-state index < -0.39 is 11.9 Å². The van der Waals surface area contributed by atoms with Crippen molar-refractivity contribution in [2.75, 3.05) is 53.2 Å². The first-order valence-corrected chi connectivity index (χ1v) is 15.6. The van der Waals surface area contributed by atoms with Crippen LogP contribution in [0.3, 0.4) is 0 Å². The number of nitrogens with one attached hydrogen (secondary N) is 2. The molecule has 2 saturated heterocycles. The molecule has 4 N–H and O–H groups in total. The van der Waals surface area contributed by atoms with Crippen LogP contribution in [0.5, 0.6) is 0 Å². The van der Waals surface area contributed by atoms with E-state index in [0.717, 1.165) is 12.8 Å². The number of allylic oxidation sites excluding steroid dienone is 1. The van der Waals surface area contributed by atoms with Crippen molar-refractivity contribution in [3.05, 3.63) is 11.6 Å². The maximum absolute atomic E-state index is 12.7. The third kappa shape index (κ3) is 10.2. The predicted molar refractivity (Wildman–Crippen MR) is 159 cm³/mol. The van der Waals surface area contributed by atoms with Crippen LogP contribution in [0.25, 0.3) is 0 Å². The van der Waals surface area contributed by atoms with Crippen molar-refractivity contribution < 1.29 is 42.8 Å². The molecule has 246 valence electrons. The zero-order valence-corrected chi connectivity index (χ0v) is 26.8. The second kappa shape index (κ2) is 16.3. The minimum absolute atomic E-state index is 0.000464. The first kappa shape index (κ1) is 35.4. The topological polar surface area (TPSA) is 163 Å². The Morgan fingerprint density at radius 3 is 2.42 bits per heavy atom. The molecule has 0 bridgehead atoms. The first-order chi connectivity index (χ1) is 20.4.